The molecule has 0 fully saturated rings. The zero-order valence-corrected chi connectivity index (χ0v) is 10.6. The quantitative estimate of drug-likeness (QED) is 0.578. The molecule has 0 unspecified atom stereocenters. The fourth-order valence-electron chi connectivity index (χ4n) is 1.94. The fraction of sp³-hybridized carbons (Fsp3) is 0. The third-order valence-corrected chi connectivity index (χ3v) is 2.92. The van der Waals surface area contributed by atoms with E-state index in [2.05, 4.69) is 18.9 Å². The highest BCUT2D eigenvalue weighted by molar-refractivity contribution is 5.86. The highest BCUT2D eigenvalue weighted by Crippen LogP contribution is 2.26. The van der Waals surface area contributed by atoms with Gasteiger partial charge in [-0.05, 0) is 34.4 Å². The van der Waals surface area contributed by atoms with Crippen LogP contribution in [0.5, 0.6) is 0 Å². The van der Waals surface area contributed by atoms with Gasteiger partial charge in [-0.2, -0.15) is 0 Å². The molecule has 0 radical (unpaired) electrons. The van der Waals surface area contributed by atoms with E-state index in [0.29, 0.717) is 5.56 Å². The molecule has 0 amide bonds. The van der Waals surface area contributed by atoms with Crippen molar-refractivity contribution in [2.45, 2.75) is 0 Å². The van der Waals surface area contributed by atoms with Crippen LogP contribution in [-0.4, -0.2) is 6.29 Å². The Morgan fingerprint density at radius 2 is 1.84 bits per heavy atom. The molecule has 2 aromatic rings. The number of aldehydes is 1. The van der Waals surface area contributed by atoms with Crippen LogP contribution in [-0.2, 0) is 0 Å². The Balaban J connectivity index is 2.56. The third kappa shape index (κ3) is 2.79. The normalized spacial score (nSPS) is 9.47. The maximum atomic E-state index is 10.9. The lowest BCUT2D eigenvalue weighted by molar-refractivity contribution is 0.112. The summed E-state index contributed by atoms with van der Waals surface area (Å²) < 4.78 is 0. The summed E-state index contributed by atoms with van der Waals surface area (Å²) in [5.41, 5.74) is 7.18. The lowest BCUT2D eigenvalue weighted by Gasteiger charge is -2.10. The van der Waals surface area contributed by atoms with Gasteiger partial charge in [0.1, 0.15) is 6.29 Å². The molecule has 0 saturated heterocycles. The summed E-state index contributed by atoms with van der Waals surface area (Å²) >= 11 is 0. The molecule has 0 saturated carbocycles. The molecule has 2 rings (SSSR count). The monoisotopic (exact) mass is 246 g/mol. The number of carbonyl (C=O) groups is 1. The van der Waals surface area contributed by atoms with Crippen molar-refractivity contribution < 1.29 is 4.79 Å². The SMILES string of the molecule is C=C=Cc1ccc(C=O)cc1C(=C)c1ccccc1. The second kappa shape index (κ2) is 5.81. The fourth-order valence-corrected chi connectivity index (χ4v) is 1.94. The molecule has 0 atom stereocenters. The molecule has 0 aliphatic heterocycles. The van der Waals surface area contributed by atoms with Crippen LogP contribution in [0.15, 0.2) is 67.4 Å². The van der Waals surface area contributed by atoms with Gasteiger partial charge in [0.15, 0.2) is 0 Å². The van der Waals surface area contributed by atoms with Crippen LogP contribution in [0.25, 0.3) is 11.6 Å². The van der Waals surface area contributed by atoms with E-state index in [4.69, 9.17) is 0 Å². The Morgan fingerprint density at radius 1 is 1.11 bits per heavy atom. The first-order chi connectivity index (χ1) is 9.26. The van der Waals surface area contributed by atoms with Crippen molar-refractivity contribution in [3.8, 4) is 0 Å². The molecule has 0 N–H and O–H groups in total. The maximum absolute atomic E-state index is 10.9. The Bertz CT molecular complexity index is 659. The zero-order chi connectivity index (χ0) is 13.7. The Kier molecular flexibility index (Phi) is 3.92. The van der Waals surface area contributed by atoms with Crippen LogP contribution in [0.2, 0.25) is 0 Å². The van der Waals surface area contributed by atoms with E-state index < -0.39 is 0 Å². The minimum absolute atomic E-state index is 0.633. The molecule has 92 valence electrons. The predicted molar refractivity (Wildman–Crippen MR) is 80.0 cm³/mol. The number of hydrogen-bond acceptors (Lipinski definition) is 1. The molecule has 1 nitrogen and oxygen atoms in total. The van der Waals surface area contributed by atoms with Gasteiger partial charge in [-0.15, -0.1) is 5.73 Å². The molecule has 2 aromatic carbocycles. The number of rotatable bonds is 4. The minimum atomic E-state index is 0.633. The minimum Gasteiger partial charge on any atom is -0.298 e. The summed E-state index contributed by atoms with van der Waals surface area (Å²) in [6.07, 6.45) is 2.63. The number of carbonyl (C=O) groups excluding carboxylic acids is 1. The Labute approximate surface area is 113 Å². The first-order valence-electron chi connectivity index (χ1n) is 5.96. The van der Waals surface area contributed by atoms with Crippen LogP contribution in [0, 0.1) is 0 Å². The van der Waals surface area contributed by atoms with Crippen molar-refractivity contribution in [1.82, 2.24) is 0 Å². The van der Waals surface area contributed by atoms with E-state index >= 15 is 0 Å². The van der Waals surface area contributed by atoms with E-state index in [-0.39, 0.29) is 0 Å². The summed E-state index contributed by atoms with van der Waals surface area (Å²) in [4.78, 5) is 10.9. The van der Waals surface area contributed by atoms with E-state index in [9.17, 15) is 4.79 Å². The molecule has 19 heavy (non-hydrogen) atoms. The number of hydrogen-bond donors (Lipinski definition) is 0. The van der Waals surface area contributed by atoms with Gasteiger partial charge in [-0.3, -0.25) is 4.79 Å². The molecular weight excluding hydrogens is 232 g/mol. The third-order valence-electron chi connectivity index (χ3n) is 2.92. The van der Waals surface area contributed by atoms with Gasteiger partial charge in [-0.1, -0.05) is 55.6 Å². The van der Waals surface area contributed by atoms with Crippen LogP contribution < -0.4 is 0 Å². The highest BCUT2D eigenvalue weighted by atomic mass is 16.1. The van der Waals surface area contributed by atoms with E-state index in [1.807, 2.05) is 42.5 Å². The molecule has 0 spiro atoms. The van der Waals surface area contributed by atoms with Gasteiger partial charge in [0.2, 0.25) is 0 Å². The van der Waals surface area contributed by atoms with Crippen LogP contribution in [0.4, 0.5) is 0 Å². The molecule has 0 aliphatic carbocycles. The number of benzene rings is 2. The second-order valence-electron chi connectivity index (χ2n) is 4.16. The van der Waals surface area contributed by atoms with Gasteiger partial charge < -0.3 is 0 Å². The van der Waals surface area contributed by atoms with Crippen LogP contribution in [0.3, 0.4) is 0 Å². The van der Waals surface area contributed by atoms with Crippen molar-refractivity contribution in [2.24, 2.45) is 0 Å². The molecule has 0 aliphatic rings. The van der Waals surface area contributed by atoms with Gasteiger partial charge in [0.05, 0.1) is 0 Å². The summed E-state index contributed by atoms with van der Waals surface area (Å²) in [7, 11) is 0. The predicted octanol–water partition coefficient (Wildman–Crippen LogP) is 4.36. The first kappa shape index (κ1) is 12.8. The van der Waals surface area contributed by atoms with Crippen LogP contribution >= 0.6 is 0 Å². The van der Waals surface area contributed by atoms with Crippen molar-refractivity contribution in [3.63, 3.8) is 0 Å². The van der Waals surface area contributed by atoms with E-state index in [1.54, 1.807) is 12.1 Å². The lowest BCUT2D eigenvalue weighted by atomic mass is 9.93. The molecular formula is C18H14O. The lowest BCUT2D eigenvalue weighted by Crippen LogP contribution is -1.92. The van der Waals surface area contributed by atoms with Crippen molar-refractivity contribution in [3.05, 3.63) is 89.7 Å². The second-order valence-corrected chi connectivity index (χ2v) is 4.16. The summed E-state index contributed by atoms with van der Waals surface area (Å²) in [6.45, 7) is 7.72. The average Bonchev–Trinajstić information content (AvgIpc) is 2.48. The highest BCUT2D eigenvalue weighted by Gasteiger charge is 2.07. The van der Waals surface area contributed by atoms with Gasteiger partial charge >= 0.3 is 0 Å². The largest absolute Gasteiger partial charge is 0.298 e. The smallest absolute Gasteiger partial charge is 0.150 e. The van der Waals surface area contributed by atoms with Crippen molar-refractivity contribution in [2.75, 3.05) is 0 Å². The summed E-state index contributed by atoms with van der Waals surface area (Å²) in [6, 6.07) is 15.4. The van der Waals surface area contributed by atoms with Gasteiger partial charge in [-0.25, -0.2) is 0 Å². The van der Waals surface area contributed by atoms with Crippen molar-refractivity contribution >= 4 is 17.9 Å². The molecule has 0 heterocycles. The summed E-state index contributed by atoms with van der Waals surface area (Å²) in [5.74, 6) is 0. The molecule has 0 aromatic heterocycles. The van der Waals surface area contributed by atoms with Gasteiger partial charge in [0, 0.05) is 5.56 Å². The zero-order valence-electron chi connectivity index (χ0n) is 10.6. The van der Waals surface area contributed by atoms with E-state index in [1.165, 1.54) is 0 Å². The molecule has 0 bridgehead atoms. The van der Waals surface area contributed by atoms with Crippen LogP contribution in [0.1, 0.15) is 27.0 Å². The summed E-state index contributed by atoms with van der Waals surface area (Å²) in [5, 5.41) is 0. The van der Waals surface area contributed by atoms with Gasteiger partial charge in [0.25, 0.3) is 0 Å². The maximum Gasteiger partial charge on any atom is 0.150 e. The Hall–Kier alpha value is -2.63. The standard InChI is InChI=1S/C18H14O/c1-3-7-17-11-10-15(13-19)12-18(17)14(2)16-8-5-4-6-9-16/h4-13H,1-2H2. The Morgan fingerprint density at radius 3 is 2.47 bits per heavy atom. The average molecular weight is 246 g/mol. The first-order valence-corrected chi connectivity index (χ1v) is 5.96. The molecule has 1 heteroatoms. The topological polar surface area (TPSA) is 17.1 Å². The van der Waals surface area contributed by atoms with E-state index in [0.717, 1.165) is 28.5 Å². The van der Waals surface area contributed by atoms with Crippen molar-refractivity contribution in [1.29, 1.82) is 0 Å².